The van der Waals surface area contributed by atoms with Crippen molar-refractivity contribution < 1.29 is 8.42 Å². The van der Waals surface area contributed by atoms with Crippen LogP contribution >= 0.6 is 0 Å². The average Bonchev–Trinajstić information content (AvgIpc) is 2.75. The maximum Gasteiger partial charge on any atom is 0.215 e. The summed E-state index contributed by atoms with van der Waals surface area (Å²) in [5.74, 6) is 0.253. The van der Waals surface area contributed by atoms with Crippen molar-refractivity contribution in [2.45, 2.75) is 32.2 Å². The van der Waals surface area contributed by atoms with Gasteiger partial charge in [-0.25, -0.2) is 12.7 Å². The smallest absolute Gasteiger partial charge is 0.215 e. The van der Waals surface area contributed by atoms with Gasteiger partial charge in [-0.05, 0) is 46.4 Å². The van der Waals surface area contributed by atoms with E-state index in [2.05, 4.69) is 10.2 Å². The van der Waals surface area contributed by atoms with E-state index in [1.54, 1.807) is 4.31 Å². The number of hydrogen-bond donors (Lipinski definition) is 1. The minimum atomic E-state index is -3.10. The van der Waals surface area contributed by atoms with Gasteiger partial charge in [-0.3, -0.25) is 0 Å². The third-order valence-corrected chi connectivity index (χ3v) is 5.38. The summed E-state index contributed by atoms with van der Waals surface area (Å²) in [5.41, 5.74) is 0. The molecule has 0 radical (unpaired) electrons. The first kappa shape index (κ1) is 15.9. The molecule has 0 aliphatic carbocycles. The van der Waals surface area contributed by atoms with Crippen molar-refractivity contribution in [1.82, 2.24) is 14.5 Å². The van der Waals surface area contributed by atoms with Crippen molar-refractivity contribution in [2.24, 2.45) is 0 Å². The summed E-state index contributed by atoms with van der Waals surface area (Å²) < 4.78 is 26.2. The summed E-state index contributed by atoms with van der Waals surface area (Å²) >= 11 is 0. The van der Waals surface area contributed by atoms with Crippen LogP contribution in [0.2, 0.25) is 0 Å². The molecule has 1 aliphatic rings. The highest BCUT2D eigenvalue weighted by Gasteiger charge is 2.26. The zero-order valence-corrected chi connectivity index (χ0v) is 12.7. The molecule has 6 heteroatoms. The first-order chi connectivity index (χ1) is 8.45. The van der Waals surface area contributed by atoms with Crippen LogP contribution in [-0.2, 0) is 10.0 Å². The second-order valence-corrected chi connectivity index (χ2v) is 7.23. The Balaban J connectivity index is 2.45. The molecule has 1 aliphatic heterocycles. The van der Waals surface area contributed by atoms with Crippen LogP contribution in [0.3, 0.4) is 0 Å². The predicted octanol–water partition coefficient (Wildman–Crippen LogP) is 0.342. The highest BCUT2D eigenvalue weighted by Crippen LogP contribution is 2.11. The van der Waals surface area contributed by atoms with E-state index in [0.29, 0.717) is 13.1 Å². The van der Waals surface area contributed by atoms with Crippen molar-refractivity contribution >= 4 is 10.0 Å². The first-order valence-corrected chi connectivity index (χ1v) is 8.42. The van der Waals surface area contributed by atoms with Gasteiger partial charge in [-0.1, -0.05) is 6.92 Å². The SMILES string of the molecule is CCN(CCCN(C)C)S(=O)(=O)CC1CCCN1. The van der Waals surface area contributed by atoms with Crippen LogP contribution in [0.5, 0.6) is 0 Å². The van der Waals surface area contributed by atoms with Crippen molar-refractivity contribution in [3.63, 3.8) is 0 Å². The van der Waals surface area contributed by atoms with Gasteiger partial charge < -0.3 is 10.2 Å². The van der Waals surface area contributed by atoms with E-state index in [1.165, 1.54) is 0 Å². The number of hydrogen-bond acceptors (Lipinski definition) is 4. The van der Waals surface area contributed by atoms with Gasteiger partial charge >= 0.3 is 0 Å². The van der Waals surface area contributed by atoms with E-state index < -0.39 is 10.0 Å². The number of nitrogens with zero attached hydrogens (tertiary/aromatic N) is 2. The molecule has 0 aromatic heterocycles. The number of nitrogens with one attached hydrogen (secondary N) is 1. The molecule has 18 heavy (non-hydrogen) atoms. The second-order valence-electron chi connectivity index (χ2n) is 5.22. The topological polar surface area (TPSA) is 52.7 Å². The Hall–Kier alpha value is -0.170. The maximum atomic E-state index is 12.3. The lowest BCUT2D eigenvalue weighted by Crippen LogP contribution is -2.40. The van der Waals surface area contributed by atoms with Gasteiger partial charge in [0.05, 0.1) is 5.75 Å². The molecule has 1 fully saturated rings. The van der Waals surface area contributed by atoms with Gasteiger partial charge in [-0.15, -0.1) is 0 Å². The van der Waals surface area contributed by atoms with Gasteiger partial charge in [0.15, 0.2) is 0 Å². The van der Waals surface area contributed by atoms with Crippen molar-refractivity contribution in [3.8, 4) is 0 Å². The second kappa shape index (κ2) is 7.43. The minimum absolute atomic E-state index is 0.151. The van der Waals surface area contributed by atoms with Crippen molar-refractivity contribution in [1.29, 1.82) is 0 Å². The van der Waals surface area contributed by atoms with Gasteiger partial charge in [0.25, 0.3) is 0 Å². The zero-order valence-electron chi connectivity index (χ0n) is 11.9. The predicted molar refractivity (Wildman–Crippen MR) is 75.2 cm³/mol. The summed E-state index contributed by atoms with van der Waals surface area (Å²) in [6.45, 7) is 4.99. The molecule has 0 spiro atoms. The highest BCUT2D eigenvalue weighted by atomic mass is 32.2. The standard InChI is InChI=1S/C12H27N3O2S/c1-4-15(10-6-9-14(2)3)18(16,17)11-12-7-5-8-13-12/h12-13H,4-11H2,1-3H3. The Morgan fingerprint density at radius 3 is 2.50 bits per heavy atom. The molecule has 1 N–H and O–H groups in total. The maximum absolute atomic E-state index is 12.3. The summed E-state index contributed by atoms with van der Waals surface area (Å²) in [4.78, 5) is 2.08. The summed E-state index contributed by atoms with van der Waals surface area (Å²) in [5, 5.41) is 3.25. The van der Waals surface area contributed by atoms with E-state index in [4.69, 9.17) is 0 Å². The van der Waals surface area contributed by atoms with E-state index >= 15 is 0 Å². The molecule has 0 amide bonds. The molecule has 108 valence electrons. The summed E-state index contributed by atoms with van der Waals surface area (Å²) in [6, 6.07) is 0.151. The van der Waals surface area contributed by atoms with Crippen LogP contribution < -0.4 is 5.32 Å². The van der Waals surface area contributed by atoms with Crippen LogP contribution in [0.4, 0.5) is 0 Å². The molecule has 1 atom stereocenters. The van der Waals surface area contributed by atoms with Gasteiger partial charge in [0.2, 0.25) is 10.0 Å². The molecule has 0 bridgehead atoms. The lowest BCUT2D eigenvalue weighted by atomic mass is 10.3. The molecule has 1 unspecified atom stereocenters. The fourth-order valence-electron chi connectivity index (χ4n) is 2.32. The lowest BCUT2D eigenvalue weighted by Gasteiger charge is -2.23. The monoisotopic (exact) mass is 277 g/mol. The van der Waals surface area contributed by atoms with Crippen LogP contribution in [0.1, 0.15) is 26.2 Å². The first-order valence-electron chi connectivity index (χ1n) is 6.81. The molecule has 5 nitrogen and oxygen atoms in total. The molecule has 1 rings (SSSR count). The Labute approximate surface area is 112 Å². The Morgan fingerprint density at radius 2 is 2.00 bits per heavy atom. The molecule has 0 saturated carbocycles. The number of rotatable bonds is 8. The fraction of sp³-hybridized carbons (Fsp3) is 1.00. The molecule has 0 aromatic rings. The molecular weight excluding hydrogens is 250 g/mol. The van der Waals surface area contributed by atoms with Crippen LogP contribution in [0.25, 0.3) is 0 Å². The van der Waals surface area contributed by atoms with Crippen molar-refractivity contribution in [2.75, 3.05) is 46.0 Å². The van der Waals surface area contributed by atoms with Gasteiger partial charge in [-0.2, -0.15) is 0 Å². The van der Waals surface area contributed by atoms with Crippen LogP contribution in [0, 0.1) is 0 Å². The largest absolute Gasteiger partial charge is 0.313 e. The third-order valence-electron chi connectivity index (χ3n) is 3.33. The quantitative estimate of drug-likeness (QED) is 0.695. The lowest BCUT2D eigenvalue weighted by molar-refractivity contribution is 0.355. The third kappa shape index (κ3) is 5.22. The Kier molecular flexibility index (Phi) is 6.55. The summed E-state index contributed by atoms with van der Waals surface area (Å²) in [6.07, 6.45) is 2.96. The summed E-state index contributed by atoms with van der Waals surface area (Å²) in [7, 11) is 0.913. The van der Waals surface area contributed by atoms with E-state index in [1.807, 2.05) is 21.0 Å². The van der Waals surface area contributed by atoms with Crippen molar-refractivity contribution in [3.05, 3.63) is 0 Å². The highest BCUT2D eigenvalue weighted by molar-refractivity contribution is 7.89. The average molecular weight is 277 g/mol. The molecular formula is C12H27N3O2S. The Morgan fingerprint density at radius 1 is 1.28 bits per heavy atom. The number of sulfonamides is 1. The minimum Gasteiger partial charge on any atom is -0.313 e. The fourth-order valence-corrected chi connectivity index (χ4v) is 4.12. The van der Waals surface area contributed by atoms with Gasteiger partial charge in [0.1, 0.15) is 0 Å². The van der Waals surface area contributed by atoms with Crippen LogP contribution in [0.15, 0.2) is 0 Å². The van der Waals surface area contributed by atoms with E-state index in [0.717, 1.165) is 32.4 Å². The van der Waals surface area contributed by atoms with E-state index in [-0.39, 0.29) is 11.8 Å². The Bertz CT molecular complexity index is 324. The van der Waals surface area contributed by atoms with Gasteiger partial charge in [0, 0.05) is 19.1 Å². The normalized spacial score (nSPS) is 21.1. The molecule has 1 heterocycles. The molecule has 0 aromatic carbocycles. The van der Waals surface area contributed by atoms with E-state index in [9.17, 15) is 8.42 Å². The zero-order chi connectivity index (χ0) is 13.6. The van der Waals surface area contributed by atoms with Crippen LogP contribution in [-0.4, -0.2) is 69.7 Å². The molecule has 1 saturated heterocycles.